The molecule has 66 valence electrons. The molecule has 0 saturated heterocycles. The van der Waals surface area contributed by atoms with Gasteiger partial charge in [0.05, 0.1) is 12.0 Å². The van der Waals surface area contributed by atoms with Crippen molar-refractivity contribution in [3.63, 3.8) is 0 Å². The highest BCUT2D eigenvalue weighted by Gasteiger charge is 2.25. The molecule has 0 aliphatic heterocycles. The Hall–Kier alpha value is -1.33. The van der Waals surface area contributed by atoms with Crippen LogP contribution in [-0.4, -0.2) is 0 Å². The van der Waals surface area contributed by atoms with Gasteiger partial charge in [-0.15, -0.1) is 0 Å². The van der Waals surface area contributed by atoms with Crippen LogP contribution >= 0.6 is 0 Å². The van der Waals surface area contributed by atoms with Crippen LogP contribution in [0.2, 0.25) is 0 Å². The lowest BCUT2D eigenvalue weighted by Crippen LogP contribution is -2.26. The van der Waals surface area contributed by atoms with Crippen LogP contribution in [0.1, 0.15) is 23.6 Å². The molecule has 1 aliphatic rings. The number of nitrogens with two attached hydrogens (primary N) is 1. The first-order valence-electron chi connectivity index (χ1n) is 4.56. The zero-order chi connectivity index (χ0) is 9.26. The number of nitriles is 1. The number of nitrogens with zero attached hydrogens (tertiary/aromatic N) is 1. The third kappa shape index (κ3) is 1.32. The molecule has 13 heavy (non-hydrogen) atoms. The van der Waals surface area contributed by atoms with Crippen LogP contribution in [0, 0.1) is 17.2 Å². The maximum Gasteiger partial charge on any atom is 0.0675 e. The average molecular weight is 172 g/mol. The molecule has 0 spiro atoms. The summed E-state index contributed by atoms with van der Waals surface area (Å²) in [5.41, 5.74) is 8.44. The van der Waals surface area contributed by atoms with Crippen LogP contribution in [-0.2, 0) is 6.42 Å². The second kappa shape index (κ2) is 3.20. The van der Waals surface area contributed by atoms with Gasteiger partial charge < -0.3 is 5.73 Å². The summed E-state index contributed by atoms with van der Waals surface area (Å²) < 4.78 is 0. The Balaban J connectivity index is 2.40. The van der Waals surface area contributed by atoms with E-state index in [9.17, 15) is 0 Å². The molecule has 0 heterocycles. The van der Waals surface area contributed by atoms with E-state index >= 15 is 0 Å². The van der Waals surface area contributed by atoms with Gasteiger partial charge in [-0.25, -0.2) is 0 Å². The molecule has 2 atom stereocenters. The largest absolute Gasteiger partial charge is 0.323 e. The number of fused-ring (bicyclic) bond motifs is 1. The topological polar surface area (TPSA) is 49.8 Å². The van der Waals surface area contributed by atoms with Gasteiger partial charge in [-0.2, -0.15) is 5.26 Å². The first kappa shape index (κ1) is 8.28. The molecule has 2 N–H and O–H groups in total. The van der Waals surface area contributed by atoms with Crippen molar-refractivity contribution in [1.29, 1.82) is 5.26 Å². The van der Waals surface area contributed by atoms with Gasteiger partial charge in [0.25, 0.3) is 0 Å². The summed E-state index contributed by atoms with van der Waals surface area (Å²) in [6, 6.07) is 10.3. The Morgan fingerprint density at radius 2 is 2.15 bits per heavy atom. The summed E-state index contributed by atoms with van der Waals surface area (Å²) in [4.78, 5) is 0. The second-order valence-corrected chi connectivity index (χ2v) is 3.50. The smallest absolute Gasteiger partial charge is 0.0675 e. The minimum atomic E-state index is -0.0880. The Labute approximate surface area is 78.0 Å². The molecule has 0 aromatic heterocycles. The number of hydrogen-bond acceptors (Lipinski definition) is 2. The summed E-state index contributed by atoms with van der Waals surface area (Å²) in [5.74, 6) is -0.00472. The quantitative estimate of drug-likeness (QED) is 0.648. The number of hydrogen-bond donors (Lipinski definition) is 1. The SMILES string of the molecule is N#CC1CCc2ccccc2C1N. The zero-order valence-corrected chi connectivity index (χ0v) is 7.40. The van der Waals surface area contributed by atoms with E-state index in [0.717, 1.165) is 18.4 Å². The van der Waals surface area contributed by atoms with E-state index in [2.05, 4.69) is 12.1 Å². The van der Waals surface area contributed by atoms with E-state index in [4.69, 9.17) is 11.0 Å². The standard InChI is InChI=1S/C11H12N2/c12-7-9-6-5-8-3-1-2-4-10(8)11(9)13/h1-4,9,11H,5-6,13H2. The van der Waals surface area contributed by atoms with E-state index in [0.29, 0.717) is 0 Å². The van der Waals surface area contributed by atoms with Crippen LogP contribution in [0.5, 0.6) is 0 Å². The third-order valence-electron chi connectivity index (χ3n) is 2.74. The van der Waals surface area contributed by atoms with Crippen LogP contribution in [0.3, 0.4) is 0 Å². The molecular formula is C11H12N2. The highest BCUT2D eigenvalue weighted by Crippen LogP contribution is 2.31. The Morgan fingerprint density at radius 3 is 2.92 bits per heavy atom. The molecule has 1 aliphatic carbocycles. The van der Waals surface area contributed by atoms with Gasteiger partial charge in [0, 0.05) is 6.04 Å². The van der Waals surface area contributed by atoms with Crippen molar-refractivity contribution in [2.45, 2.75) is 18.9 Å². The van der Waals surface area contributed by atoms with E-state index < -0.39 is 0 Å². The van der Waals surface area contributed by atoms with Crippen molar-refractivity contribution in [2.75, 3.05) is 0 Å². The number of benzene rings is 1. The van der Waals surface area contributed by atoms with Crippen LogP contribution in [0.4, 0.5) is 0 Å². The Morgan fingerprint density at radius 1 is 1.38 bits per heavy atom. The average Bonchev–Trinajstić information content (AvgIpc) is 2.19. The molecule has 0 bridgehead atoms. The summed E-state index contributed by atoms with van der Waals surface area (Å²) in [7, 11) is 0. The van der Waals surface area contributed by atoms with Crippen molar-refractivity contribution in [1.82, 2.24) is 0 Å². The van der Waals surface area contributed by atoms with Gasteiger partial charge in [-0.3, -0.25) is 0 Å². The first-order valence-corrected chi connectivity index (χ1v) is 4.56. The van der Waals surface area contributed by atoms with Gasteiger partial charge in [0.15, 0.2) is 0 Å². The fourth-order valence-electron chi connectivity index (χ4n) is 1.94. The molecule has 0 amide bonds. The van der Waals surface area contributed by atoms with Gasteiger partial charge in [-0.05, 0) is 24.0 Å². The van der Waals surface area contributed by atoms with Gasteiger partial charge in [0.1, 0.15) is 0 Å². The van der Waals surface area contributed by atoms with Crippen LogP contribution in [0.25, 0.3) is 0 Å². The van der Waals surface area contributed by atoms with E-state index in [-0.39, 0.29) is 12.0 Å². The van der Waals surface area contributed by atoms with Crippen molar-refractivity contribution in [3.8, 4) is 6.07 Å². The fourth-order valence-corrected chi connectivity index (χ4v) is 1.94. The third-order valence-corrected chi connectivity index (χ3v) is 2.74. The lowest BCUT2D eigenvalue weighted by molar-refractivity contribution is 0.465. The molecule has 2 nitrogen and oxygen atoms in total. The molecule has 2 unspecified atom stereocenters. The normalized spacial score (nSPS) is 26.2. The Kier molecular flexibility index (Phi) is 2.03. The lowest BCUT2D eigenvalue weighted by Gasteiger charge is -2.26. The molecule has 0 saturated carbocycles. The maximum atomic E-state index is 8.86. The Bertz CT molecular complexity index is 351. The van der Waals surface area contributed by atoms with E-state index in [1.54, 1.807) is 0 Å². The summed E-state index contributed by atoms with van der Waals surface area (Å²) in [6.07, 6.45) is 1.89. The molecular weight excluding hydrogens is 160 g/mol. The van der Waals surface area contributed by atoms with E-state index in [1.807, 2.05) is 18.2 Å². The summed E-state index contributed by atoms with van der Waals surface area (Å²) in [5, 5.41) is 8.86. The molecule has 0 radical (unpaired) electrons. The zero-order valence-electron chi connectivity index (χ0n) is 7.40. The van der Waals surface area contributed by atoms with Gasteiger partial charge >= 0.3 is 0 Å². The van der Waals surface area contributed by atoms with Gasteiger partial charge in [0.2, 0.25) is 0 Å². The summed E-state index contributed by atoms with van der Waals surface area (Å²) >= 11 is 0. The van der Waals surface area contributed by atoms with Crippen LogP contribution < -0.4 is 5.73 Å². The van der Waals surface area contributed by atoms with E-state index in [1.165, 1.54) is 5.56 Å². The predicted octanol–water partition coefficient (Wildman–Crippen LogP) is 1.77. The molecule has 2 heteroatoms. The van der Waals surface area contributed by atoms with Crippen molar-refractivity contribution < 1.29 is 0 Å². The predicted molar refractivity (Wildman–Crippen MR) is 50.8 cm³/mol. The molecule has 1 aromatic rings. The highest BCUT2D eigenvalue weighted by molar-refractivity contribution is 5.33. The number of aryl methyl sites for hydroxylation is 1. The van der Waals surface area contributed by atoms with Gasteiger partial charge in [-0.1, -0.05) is 24.3 Å². The van der Waals surface area contributed by atoms with Crippen molar-refractivity contribution >= 4 is 0 Å². The monoisotopic (exact) mass is 172 g/mol. The highest BCUT2D eigenvalue weighted by atomic mass is 14.7. The maximum absolute atomic E-state index is 8.86. The fraction of sp³-hybridized carbons (Fsp3) is 0.364. The molecule has 2 rings (SSSR count). The molecule has 0 fully saturated rings. The lowest BCUT2D eigenvalue weighted by atomic mass is 9.81. The van der Waals surface area contributed by atoms with Crippen LogP contribution in [0.15, 0.2) is 24.3 Å². The minimum Gasteiger partial charge on any atom is -0.323 e. The summed E-state index contributed by atoms with van der Waals surface area (Å²) in [6.45, 7) is 0. The van der Waals surface area contributed by atoms with Crippen molar-refractivity contribution in [2.24, 2.45) is 11.7 Å². The minimum absolute atomic E-state index is 0.00472. The first-order chi connectivity index (χ1) is 6.33. The second-order valence-electron chi connectivity index (χ2n) is 3.50. The molecule has 1 aromatic carbocycles. The van der Waals surface area contributed by atoms with Crippen molar-refractivity contribution in [3.05, 3.63) is 35.4 Å². The number of rotatable bonds is 0.